The lowest BCUT2D eigenvalue weighted by atomic mass is 10.2. The second kappa shape index (κ2) is 11.2. The molecule has 1 saturated heterocycles. The van der Waals surface area contributed by atoms with Crippen LogP contribution in [0.25, 0.3) is 0 Å². The second-order valence-corrected chi connectivity index (χ2v) is 5.38. The van der Waals surface area contributed by atoms with Crippen LogP contribution in [0.1, 0.15) is 40.0 Å². The summed E-state index contributed by atoms with van der Waals surface area (Å²) in [5.41, 5.74) is 0. The van der Waals surface area contributed by atoms with E-state index in [0.717, 1.165) is 57.9 Å². The monoisotopic (exact) mass is 396 g/mol. The topological polar surface area (TPSA) is 56.7 Å². The van der Waals surface area contributed by atoms with Gasteiger partial charge in [0.15, 0.2) is 5.96 Å². The molecule has 2 N–H and O–H groups in total. The minimum absolute atomic E-state index is 0. The first-order valence-electron chi connectivity index (χ1n) is 7.43. The number of amides is 1. The molecule has 1 fully saturated rings. The molecule has 1 aliphatic rings. The third-order valence-electron chi connectivity index (χ3n) is 3.03. The van der Waals surface area contributed by atoms with Crippen LogP contribution in [0.4, 0.5) is 0 Å². The molecule has 0 bridgehead atoms. The number of guanidine groups is 1. The normalized spacial score (nSPS) is 15.5. The van der Waals surface area contributed by atoms with Crippen molar-refractivity contribution in [3.63, 3.8) is 0 Å². The molecule has 0 radical (unpaired) electrons. The predicted molar refractivity (Wildman–Crippen MR) is 94.7 cm³/mol. The lowest BCUT2D eigenvalue weighted by Crippen LogP contribution is -2.39. The SMILES string of the molecule is CCNC(=NCC(C)C)NCCCN1CCCC1=O.I. The van der Waals surface area contributed by atoms with Gasteiger partial charge in [-0.25, -0.2) is 0 Å². The number of carbonyl (C=O) groups excluding carboxylic acids is 1. The molecule has 0 aromatic rings. The van der Waals surface area contributed by atoms with E-state index in [1.54, 1.807) is 0 Å². The first kappa shape index (κ1) is 19.5. The number of likely N-dealkylation sites (tertiary alicyclic amines) is 1. The lowest BCUT2D eigenvalue weighted by molar-refractivity contribution is -0.127. The van der Waals surface area contributed by atoms with E-state index in [2.05, 4.69) is 36.4 Å². The summed E-state index contributed by atoms with van der Waals surface area (Å²) in [6.45, 7) is 10.7. The molecule has 0 aliphatic carbocycles. The number of hydrogen-bond donors (Lipinski definition) is 2. The van der Waals surface area contributed by atoms with Crippen LogP contribution in [0.15, 0.2) is 4.99 Å². The number of halogens is 1. The molecule has 0 atom stereocenters. The molecule has 0 spiro atoms. The summed E-state index contributed by atoms with van der Waals surface area (Å²) in [4.78, 5) is 17.9. The van der Waals surface area contributed by atoms with Crippen molar-refractivity contribution in [1.29, 1.82) is 0 Å². The van der Waals surface area contributed by atoms with Crippen molar-refractivity contribution in [3.8, 4) is 0 Å². The zero-order valence-electron chi connectivity index (χ0n) is 12.9. The predicted octanol–water partition coefficient (Wildman–Crippen LogP) is 1.83. The highest BCUT2D eigenvalue weighted by molar-refractivity contribution is 14.0. The van der Waals surface area contributed by atoms with Crippen molar-refractivity contribution in [2.75, 3.05) is 32.7 Å². The Kier molecular flexibility index (Phi) is 10.9. The number of nitrogens with one attached hydrogen (secondary N) is 2. The van der Waals surface area contributed by atoms with E-state index in [0.29, 0.717) is 11.8 Å². The van der Waals surface area contributed by atoms with Gasteiger partial charge in [-0.2, -0.15) is 0 Å². The van der Waals surface area contributed by atoms with Gasteiger partial charge in [0.05, 0.1) is 0 Å². The Hall–Kier alpha value is -0.530. The van der Waals surface area contributed by atoms with Crippen LogP contribution < -0.4 is 10.6 Å². The van der Waals surface area contributed by atoms with Crippen molar-refractivity contribution in [2.45, 2.75) is 40.0 Å². The van der Waals surface area contributed by atoms with Gasteiger partial charge >= 0.3 is 0 Å². The van der Waals surface area contributed by atoms with Gasteiger partial charge in [0.1, 0.15) is 0 Å². The highest BCUT2D eigenvalue weighted by Gasteiger charge is 2.18. The molecule has 0 unspecified atom stereocenters. The van der Waals surface area contributed by atoms with Gasteiger partial charge in [-0.15, -0.1) is 24.0 Å². The van der Waals surface area contributed by atoms with Crippen molar-refractivity contribution < 1.29 is 4.79 Å². The third kappa shape index (κ3) is 7.91. The Morgan fingerprint density at radius 1 is 1.40 bits per heavy atom. The van der Waals surface area contributed by atoms with Gasteiger partial charge in [-0.1, -0.05) is 13.8 Å². The fraction of sp³-hybridized carbons (Fsp3) is 0.857. The Labute approximate surface area is 140 Å². The number of rotatable bonds is 7. The van der Waals surface area contributed by atoms with Gasteiger partial charge in [0.25, 0.3) is 0 Å². The zero-order valence-corrected chi connectivity index (χ0v) is 15.3. The molecule has 0 aromatic heterocycles. The van der Waals surface area contributed by atoms with Gasteiger partial charge in [0.2, 0.25) is 5.91 Å². The second-order valence-electron chi connectivity index (χ2n) is 5.38. The van der Waals surface area contributed by atoms with Gasteiger partial charge in [-0.05, 0) is 25.7 Å². The van der Waals surface area contributed by atoms with Crippen molar-refractivity contribution in [2.24, 2.45) is 10.9 Å². The zero-order chi connectivity index (χ0) is 14.1. The standard InChI is InChI=1S/C14H28N4O.HI/c1-4-15-14(17-11-12(2)3)16-8-6-10-18-9-5-7-13(18)19;/h12H,4-11H2,1-3H3,(H2,15,16,17);1H. The molecular weight excluding hydrogens is 367 g/mol. The fourth-order valence-electron chi connectivity index (χ4n) is 2.03. The van der Waals surface area contributed by atoms with E-state index in [1.165, 1.54) is 0 Å². The van der Waals surface area contributed by atoms with E-state index < -0.39 is 0 Å². The van der Waals surface area contributed by atoms with Crippen molar-refractivity contribution in [3.05, 3.63) is 0 Å². The van der Waals surface area contributed by atoms with E-state index in [9.17, 15) is 4.79 Å². The van der Waals surface area contributed by atoms with Crippen molar-refractivity contribution in [1.82, 2.24) is 15.5 Å². The van der Waals surface area contributed by atoms with E-state index in [-0.39, 0.29) is 24.0 Å². The van der Waals surface area contributed by atoms with Crippen LogP contribution in [-0.2, 0) is 4.79 Å². The first-order valence-corrected chi connectivity index (χ1v) is 7.43. The third-order valence-corrected chi connectivity index (χ3v) is 3.03. The summed E-state index contributed by atoms with van der Waals surface area (Å²) in [7, 11) is 0. The number of nitrogens with zero attached hydrogens (tertiary/aromatic N) is 2. The molecule has 5 nitrogen and oxygen atoms in total. The van der Waals surface area contributed by atoms with Gasteiger partial charge < -0.3 is 15.5 Å². The molecule has 0 saturated carbocycles. The molecule has 1 amide bonds. The molecule has 1 aliphatic heterocycles. The van der Waals surface area contributed by atoms with Crippen LogP contribution in [0, 0.1) is 5.92 Å². The Balaban J connectivity index is 0.00000361. The smallest absolute Gasteiger partial charge is 0.222 e. The quantitative estimate of drug-likeness (QED) is 0.299. The number of aliphatic imine (C=N–C) groups is 1. The summed E-state index contributed by atoms with van der Waals surface area (Å²) in [5, 5.41) is 6.55. The maximum Gasteiger partial charge on any atom is 0.222 e. The molecule has 118 valence electrons. The Bertz CT molecular complexity index is 308. The van der Waals surface area contributed by atoms with Gasteiger partial charge in [-0.3, -0.25) is 9.79 Å². The minimum atomic E-state index is 0. The molecule has 0 aromatic carbocycles. The number of hydrogen-bond acceptors (Lipinski definition) is 2. The average molecular weight is 396 g/mol. The van der Waals surface area contributed by atoms with Crippen LogP contribution in [0.5, 0.6) is 0 Å². The summed E-state index contributed by atoms with van der Waals surface area (Å²) >= 11 is 0. The molecule has 20 heavy (non-hydrogen) atoms. The highest BCUT2D eigenvalue weighted by Crippen LogP contribution is 2.09. The summed E-state index contributed by atoms with van der Waals surface area (Å²) < 4.78 is 0. The largest absolute Gasteiger partial charge is 0.357 e. The van der Waals surface area contributed by atoms with Crippen molar-refractivity contribution >= 4 is 35.8 Å². The molecule has 1 heterocycles. The van der Waals surface area contributed by atoms with Gasteiger partial charge in [0, 0.05) is 39.1 Å². The first-order chi connectivity index (χ1) is 9.13. The molecule has 1 rings (SSSR count). The molecular formula is C14H29IN4O. The Morgan fingerprint density at radius 2 is 2.15 bits per heavy atom. The summed E-state index contributed by atoms with van der Waals surface area (Å²) in [6.07, 6.45) is 2.72. The van der Waals surface area contributed by atoms with Crippen LogP contribution in [0.2, 0.25) is 0 Å². The van der Waals surface area contributed by atoms with E-state index >= 15 is 0 Å². The highest BCUT2D eigenvalue weighted by atomic mass is 127. The maximum atomic E-state index is 11.5. The molecule has 6 heteroatoms. The van der Waals surface area contributed by atoms with E-state index in [1.807, 2.05) is 4.90 Å². The Morgan fingerprint density at radius 3 is 2.70 bits per heavy atom. The lowest BCUT2D eigenvalue weighted by Gasteiger charge is -2.16. The fourth-order valence-corrected chi connectivity index (χ4v) is 2.03. The maximum absolute atomic E-state index is 11.5. The summed E-state index contributed by atoms with van der Waals surface area (Å²) in [6, 6.07) is 0. The summed E-state index contributed by atoms with van der Waals surface area (Å²) in [5.74, 6) is 1.75. The number of carbonyl (C=O) groups is 1. The van der Waals surface area contributed by atoms with Crippen LogP contribution in [-0.4, -0.2) is 49.5 Å². The van der Waals surface area contributed by atoms with E-state index in [4.69, 9.17) is 0 Å². The van der Waals surface area contributed by atoms with Crippen LogP contribution >= 0.6 is 24.0 Å². The minimum Gasteiger partial charge on any atom is -0.357 e. The van der Waals surface area contributed by atoms with Crippen LogP contribution in [0.3, 0.4) is 0 Å². The average Bonchev–Trinajstić information content (AvgIpc) is 2.77.